The predicted molar refractivity (Wildman–Crippen MR) is 85.6 cm³/mol. The minimum Gasteiger partial charge on any atom is -0.301 e. The maximum Gasteiger partial charge on any atom is 0.389 e. The molecule has 0 radical (unpaired) electrons. The Labute approximate surface area is 132 Å². The average molecular weight is 361 g/mol. The molecule has 0 aliphatic rings. The lowest BCUT2D eigenvalue weighted by atomic mass is 10.4. The molecule has 0 saturated heterocycles. The van der Waals surface area contributed by atoms with Crippen LogP contribution in [0.1, 0.15) is 13.8 Å². The summed E-state index contributed by atoms with van der Waals surface area (Å²) >= 11 is 14.5. The summed E-state index contributed by atoms with van der Waals surface area (Å²) in [6.07, 6.45) is 0. The minimum atomic E-state index is -3.04. The highest BCUT2D eigenvalue weighted by atomic mass is 35.5. The van der Waals surface area contributed by atoms with E-state index in [2.05, 4.69) is 0 Å². The lowest BCUT2D eigenvalue weighted by Crippen LogP contribution is -1.92. The van der Waals surface area contributed by atoms with E-state index in [-0.39, 0.29) is 0 Å². The zero-order valence-corrected chi connectivity index (χ0v) is 14.6. The molecule has 0 amide bonds. The molecule has 19 heavy (non-hydrogen) atoms. The van der Waals surface area contributed by atoms with E-state index >= 15 is 0 Å². The van der Waals surface area contributed by atoms with Gasteiger partial charge in [-0.15, -0.1) is 11.8 Å². The highest BCUT2D eigenvalue weighted by Gasteiger charge is 2.24. The van der Waals surface area contributed by atoms with Crippen LogP contribution in [-0.4, -0.2) is 18.3 Å². The van der Waals surface area contributed by atoms with E-state index in [0.29, 0.717) is 28.3 Å². The SMILES string of the molecule is CCOP(=O)(OCC)SCSc1ccc(Cl)c(Cl)c1. The third-order valence-electron chi connectivity index (χ3n) is 1.90. The molecule has 1 aromatic rings. The first kappa shape index (κ1) is 17.7. The summed E-state index contributed by atoms with van der Waals surface area (Å²) in [5.74, 6) is 0. The van der Waals surface area contributed by atoms with Crippen LogP contribution < -0.4 is 0 Å². The van der Waals surface area contributed by atoms with Crippen molar-refractivity contribution >= 4 is 53.1 Å². The normalized spacial score (nSPS) is 11.8. The fourth-order valence-electron chi connectivity index (χ4n) is 1.15. The van der Waals surface area contributed by atoms with Crippen LogP contribution in [0.15, 0.2) is 23.1 Å². The minimum absolute atomic E-state index is 0.363. The van der Waals surface area contributed by atoms with Crippen LogP contribution in [0, 0.1) is 0 Å². The van der Waals surface area contributed by atoms with Gasteiger partial charge in [0.25, 0.3) is 0 Å². The van der Waals surface area contributed by atoms with E-state index in [0.717, 1.165) is 4.90 Å². The van der Waals surface area contributed by atoms with Gasteiger partial charge in [0, 0.05) is 4.90 Å². The molecule has 0 heterocycles. The Hall–Kier alpha value is 0.650. The second-order valence-corrected chi connectivity index (χ2v) is 9.55. The van der Waals surface area contributed by atoms with E-state index in [1.54, 1.807) is 26.0 Å². The number of rotatable bonds is 8. The molecule has 0 atom stereocenters. The van der Waals surface area contributed by atoms with Crippen molar-refractivity contribution in [3.05, 3.63) is 28.2 Å². The van der Waals surface area contributed by atoms with Gasteiger partial charge in [-0.1, -0.05) is 23.2 Å². The second-order valence-electron chi connectivity index (χ2n) is 3.25. The summed E-state index contributed by atoms with van der Waals surface area (Å²) in [6, 6.07) is 5.38. The van der Waals surface area contributed by atoms with Crippen LogP contribution in [0.5, 0.6) is 0 Å². The molecule has 0 bridgehead atoms. The number of halogens is 2. The number of thioether (sulfide) groups is 1. The highest BCUT2D eigenvalue weighted by Crippen LogP contribution is 2.61. The number of hydrogen-bond donors (Lipinski definition) is 0. The molecule has 3 nitrogen and oxygen atoms in total. The van der Waals surface area contributed by atoms with Crippen LogP contribution in [0.3, 0.4) is 0 Å². The Balaban J connectivity index is 2.51. The zero-order valence-electron chi connectivity index (χ0n) is 10.6. The van der Waals surface area contributed by atoms with Gasteiger partial charge in [0.15, 0.2) is 0 Å². The first-order valence-corrected chi connectivity index (χ1v) is 10.5. The summed E-state index contributed by atoms with van der Waals surface area (Å²) in [6.45, 7) is 1.26. The van der Waals surface area contributed by atoms with Crippen LogP contribution in [0.4, 0.5) is 0 Å². The fraction of sp³-hybridized carbons (Fsp3) is 0.455. The molecule has 1 rings (SSSR count). The van der Waals surface area contributed by atoms with Gasteiger partial charge in [0.05, 0.1) is 28.3 Å². The van der Waals surface area contributed by atoms with E-state index < -0.39 is 6.80 Å². The lowest BCUT2D eigenvalue weighted by Gasteiger charge is -2.15. The van der Waals surface area contributed by atoms with Crippen molar-refractivity contribution in [2.45, 2.75) is 18.7 Å². The fourth-order valence-corrected chi connectivity index (χ4v) is 6.73. The van der Waals surface area contributed by atoms with Gasteiger partial charge in [-0.2, -0.15) is 0 Å². The van der Waals surface area contributed by atoms with Crippen molar-refractivity contribution < 1.29 is 13.6 Å². The Morgan fingerprint density at radius 1 is 1.16 bits per heavy atom. The molecular weight excluding hydrogens is 346 g/mol. The summed E-state index contributed by atoms with van der Waals surface area (Å²) in [7, 11) is 0. The third kappa shape index (κ3) is 6.30. The van der Waals surface area contributed by atoms with E-state index in [1.165, 1.54) is 23.1 Å². The standard InChI is InChI=1S/C11H15Cl2O3PS2/c1-3-15-17(14,16-4-2)19-8-18-9-5-6-10(12)11(13)7-9/h5-7H,3-4,8H2,1-2H3. The quantitative estimate of drug-likeness (QED) is 0.324. The van der Waals surface area contributed by atoms with E-state index in [4.69, 9.17) is 32.2 Å². The molecule has 0 aliphatic carbocycles. The zero-order chi connectivity index (χ0) is 14.3. The van der Waals surface area contributed by atoms with E-state index in [9.17, 15) is 4.57 Å². The van der Waals surface area contributed by atoms with Crippen LogP contribution in [-0.2, 0) is 13.6 Å². The number of benzene rings is 1. The molecule has 0 unspecified atom stereocenters. The topological polar surface area (TPSA) is 35.5 Å². The molecule has 0 aliphatic heterocycles. The Kier molecular flexibility index (Phi) is 8.23. The largest absolute Gasteiger partial charge is 0.389 e. The van der Waals surface area contributed by atoms with Gasteiger partial charge < -0.3 is 9.05 Å². The molecule has 108 valence electrons. The van der Waals surface area contributed by atoms with Crippen molar-refractivity contribution in [3.8, 4) is 0 Å². The van der Waals surface area contributed by atoms with E-state index in [1.807, 2.05) is 6.07 Å². The molecule has 0 fully saturated rings. The van der Waals surface area contributed by atoms with Crippen molar-refractivity contribution in [2.24, 2.45) is 0 Å². The first-order chi connectivity index (χ1) is 9.00. The molecule has 0 N–H and O–H groups in total. The van der Waals surface area contributed by atoms with Crippen molar-refractivity contribution in [1.82, 2.24) is 0 Å². The molecule has 0 saturated carbocycles. The van der Waals surface area contributed by atoms with Crippen molar-refractivity contribution in [2.75, 3.05) is 18.3 Å². The first-order valence-electron chi connectivity index (χ1n) is 5.62. The van der Waals surface area contributed by atoms with Gasteiger partial charge in [-0.3, -0.25) is 0 Å². The third-order valence-corrected chi connectivity index (χ3v) is 8.12. The summed E-state index contributed by atoms with van der Waals surface area (Å²) in [4.78, 5) is 0.960. The highest BCUT2D eigenvalue weighted by molar-refractivity contribution is 8.57. The van der Waals surface area contributed by atoms with Crippen LogP contribution in [0.2, 0.25) is 10.0 Å². The van der Waals surface area contributed by atoms with Crippen LogP contribution in [0.25, 0.3) is 0 Å². The molecular formula is C11H15Cl2O3PS2. The maximum atomic E-state index is 12.2. The molecule has 0 spiro atoms. The predicted octanol–water partition coefficient (Wildman–Crippen LogP) is 5.96. The van der Waals surface area contributed by atoms with Gasteiger partial charge in [0.1, 0.15) is 0 Å². The van der Waals surface area contributed by atoms with Gasteiger partial charge in [-0.25, -0.2) is 4.57 Å². The molecule has 1 aromatic carbocycles. The monoisotopic (exact) mass is 360 g/mol. The van der Waals surface area contributed by atoms with Gasteiger partial charge >= 0.3 is 6.80 Å². The Morgan fingerprint density at radius 2 is 1.79 bits per heavy atom. The van der Waals surface area contributed by atoms with Crippen molar-refractivity contribution in [3.63, 3.8) is 0 Å². The van der Waals surface area contributed by atoms with Crippen molar-refractivity contribution in [1.29, 1.82) is 0 Å². The molecule has 0 aromatic heterocycles. The smallest absolute Gasteiger partial charge is 0.301 e. The average Bonchev–Trinajstić information content (AvgIpc) is 2.34. The summed E-state index contributed by atoms with van der Waals surface area (Å²) in [5, 5.41) is 1.58. The van der Waals surface area contributed by atoms with Gasteiger partial charge in [0.2, 0.25) is 0 Å². The lowest BCUT2D eigenvalue weighted by molar-refractivity contribution is 0.237. The van der Waals surface area contributed by atoms with Crippen LogP contribution >= 0.6 is 53.1 Å². The maximum absolute atomic E-state index is 12.2. The Morgan fingerprint density at radius 3 is 2.32 bits per heavy atom. The van der Waals surface area contributed by atoms with Gasteiger partial charge in [-0.05, 0) is 43.4 Å². The molecule has 8 heteroatoms. The Bertz CT molecular complexity index is 450. The summed E-state index contributed by atoms with van der Waals surface area (Å²) in [5.41, 5.74) is 0. The number of hydrogen-bond acceptors (Lipinski definition) is 5. The summed E-state index contributed by atoms with van der Waals surface area (Å²) < 4.78 is 22.6. The second kappa shape index (κ2) is 8.83.